The van der Waals surface area contributed by atoms with Gasteiger partial charge in [0.2, 0.25) is 5.82 Å². The number of hydrogen-bond donors (Lipinski definition) is 0. The zero-order valence-electron chi connectivity index (χ0n) is 13.6. The van der Waals surface area contributed by atoms with Crippen LogP contribution >= 0.6 is 11.6 Å². The Morgan fingerprint density at radius 2 is 2.20 bits per heavy atom. The van der Waals surface area contributed by atoms with E-state index in [9.17, 15) is 10.1 Å². The number of methoxy groups -OCH3 is 1. The quantitative estimate of drug-likeness (QED) is 0.504. The fraction of sp³-hybridized carbons (Fsp3) is 0.267. The number of aromatic nitrogens is 4. The maximum absolute atomic E-state index is 11.0. The molecule has 1 unspecified atom stereocenters. The van der Waals surface area contributed by atoms with E-state index in [0.29, 0.717) is 27.9 Å². The third-order valence-corrected chi connectivity index (χ3v) is 4.02. The lowest BCUT2D eigenvalue weighted by Crippen LogP contribution is -2.10. The van der Waals surface area contributed by atoms with Crippen LogP contribution in [0.15, 0.2) is 28.9 Å². The van der Waals surface area contributed by atoms with E-state index in [1.165, 1.54) is 18.0 Å². The van der Waals surface area contributed by atoms with Crippen LogP contribution < -0.4 is 4.74 Å². The van der Waals surface area contributed by atoms with Gasteiger partial charge in [-0.2, -0.15) is 10.1 Å². The lowest BCUT2D eigenvalue weighted by molar-refractivity contribution is -0.385. The molecule has 0 N–H and O–H groups in total. The van der Waals surface area contributed by atoms with Crippen LogP contribution in [0.3, 0.4) is 0 Å². The third kappa shape index (κ3) is 3.05. The number of halogens is 1. The summed E-state index contributed by atoms with van der Waals surface area (Å²) < 4.78 is 12.1. The standard InChI is InChI=1S/C15H14ClN5O4/c1-8-12(21(22)23)7-17-20(8)9(2)15-18-14(19-25-15)11-6-10(16)4-5-13(11)24-3/h4-7,9H,1-3H3. The zero-order valence-corrected chi connectivity index (χ0v) is 14.4. The van der Waals surface area contributed by atoms with Crippen LogP contribution in [0.2, 0.25) is 5.02 Å². The average molecular weight is 364 g/mol. The first-order valence-electron chi connectivity index (χ1n) is 7.28. The topological polar surface area (TPSA) is 109 Å². The molecule has 0 aliphatic heterocycles. The molecule has 0 spiro atoms. The molecule has 0 aliphatic carbocycles. The van der Waals surface area contributed by atoms with Crippen LogP contribution in [-0.4, -0.2) is 32.0 Å². The molecule has 0 fully saturated rings. The molecule has 25 heavy (non-hydrogen) atoms. The lowest BCUT2D eigenvalue weighted by Gasteiger charge is -2.08. The second kappa shape index (κ2) is 6.52. The summed E-state index contributed by atoms with van der Waals surface area (Å²) in [6, 6.07) is 4.60. The first-order chi connectivity index (χ1) is 11.9. The Balaban J connectivity index is 1.97. The molecular formula is C15H14ClN5O4. The van der Waals surface area contributed by atoms with E-state index in [-0.39, 0.29) is 11.6 Å². The van der Waals surface area contributed by atoms with E-state index < -0.39 is 11.0 Å². The normalized spacial score (nSPS) is 12.2. The van der Waals surface area contributed by atoms with Crippen LogP contribution in [-0.2, 0) is 0 Å². The van der Waals surface area contributed by atoms with Gasteiger partial charge in [-0.3, -0.25) is 14.8 Å². The number of hydrogen-bond acceptors (Lipinski definition) is 7. The van der Waals surface area contributed by atoms with Crippen molar-refractivity contribution >= 4 is 17.3 Å². The summed E-state index contributed by atoms with van der Waals surface area (Å²) in [5.41, 5.74) is 0.918. The second-order valence-corrected chi connectivity index (χ2v) is 5.73. The number of nitrogens with zero attached hydrogens (tertiary/aromatic N) is 5. The Morgan fingerprint density at radius 1 is 1.44 bits per heavy atom. The van der Waals surface area contributed by atoms with Crippen LogP contribution in [0.4, 0.5) is 5.69 Å². The van der Waals surface area contributed by atoms with Gasteiger partial charge in [0.15, 0.2) is 0 Å². The fourth-order valence-corrected chi connectivity index (χ4v) is 2.63. The molecule has 10 heteroatoms. The van der Waals surface area contributed by atoms with Gasteiger partial charge in [0, 0.05) is 5.02 Å². The van der Waals surface area contributed by atoms with Crippen molar-refractivity contribution in [2.24, 2.45) is 0 Å². The van der Waals surface area contributed by atoms with Crippen molar-refractivity contribution in [2.45, 2.75) is 19.9 Å². The Kier molecular flexibility index (Phi) is 4.41. The maximum atomic E-state index is 11.0. The minimum atomic E-state index is -0.484. The van der Waals surface area contributed by atoms with Crippen molar-refractivity contribution in [1.82, 2.24) is 19.9 Å². The molecular weight excluding hydrogens is 350 g/mol. The smallest absolute Gasteiger partial charge is 0.309 e. The number of nitro groups is 1. The lowest BCUT2D eigenvalue weighted by atomic mass is 10.2. The summed E-state index contributed by atoms with van der Waals surface area (Å²) in [6.45, 7) is 3.37. The number of ether oxygens (including phenoxy) is 1. The van der Waals surface area contributed by atoms with E-state index in [4.69, 9.17) is 20.9 Å². The second-order valence-electron chi connectivity index (χ2n) is 5.29. The van der Waals surface area contributed by atoms with E-state index >= 15 is 0 Å². The first kappa shape index (κ1) is 16.9. The number of benzene rings is 1. The highest BCUT2D eigenvalue weighted by Crippen LogP contribution is 2.32. The molecule has 0 radical (unpaired) electrons. The van der Waals surface area contributed by atoms with Crippen molar-refractivity contribution in [3.63, 3.8) is 0 Å². The molecule has 3 rings (SSSR count). The molecule has 130 valence electrons. The summed E-state index contributed by atoms with van der Waals surface area (Å²) in [7, 11) is 1.53. The summed E-state index contributed by atoms with van der Waals surface area (Å²) in [6.07, 6.45) is 1.20. The molecule has 1 aromatic carbocycles. The van der Waals surface area contributed by atoms with Crippen LogP contribution in [0.1, 0.15) is 24.6 Å². The largest absolute Gasteiger partial charge is 0.496 e. The van der Waals surface area contributed by atoms with E-state index in [0.717, 1.165) is 0 Å². The predicted octanol–water partition coefficient (Wildman–Crippen LogP) is 3.42. The highest BCUT2D eigenvalue weighted by atomic mass is 35.5. The summed E-state index contributed by atoms with van der Waals surface area (Å²) in [4.78, 5) is 14.8. The maximum Gasteiger partial charge on any atom is 0.309 e. The van der Waals surface area contributed by atoms with Gasteiger partial charge in [-0.15, -0.1) is 0 Å². The van der Waals surface area contributed by atoms with Gasteiger partial charge >= 0.3 is 5.69 Å². The molecule has 0 saturated carbocycles. The summed E-state index contributed by atoms with van der Waals surface area (Å²) >= 11 is 6.02. The molecule has 2 heterocycles. The minimum absolute atomic E-state index is 0.0666. The monoisotopic (exact) mass is 363 g/mol. The highest BCUT2D eigenvalue weighted by Gasteiger charge is 2.24. The molecule has 1 atom stereocenters. The molecule has 9 nitrogen and oxygen atoms in total. The van der Waals surface area contributed by atoms with Crippen molar-refractivity contribution < 1.29 is 14.2 Å². The summed E-state index contributed by atoms with van der Waals surface area (Å²) in [5, 5.41) is 19.5. The van der Waals surface area contributed by atoms with E-state index in [2.05, 4.69) is 15.2 Å². The summed E-state index contributed by atoms with van der Waals surface area (Å²) in [5.74, 6) is 1.12. The van der Waals surface area contributed by atoms with Gasteiger partial charge in [0.05, 0.1) is 17.6 Å². The van der Waals surface area contributed by atoms with Gasteiger partial charge in [0.25, 0.3) is 5.89 Å². The van der Waals surface area contributed by atoms with Gasteiger partial charge in [-0.05, 0) is 32.0 Å². The van der Waals surface area contributed by atoms with Crippen molar-refractivity contribution in [3.8, 4) is 17.1 Å². The Bertz CT molecular complexity index is 936. The van der Waals surface area contributed by atoms with Crippen molar-refractivity contribution in [2.75, 3.05) is 7.11 Å². The van der Waals surface area contributed by atoms with Crippen molar-refractivity contribution in [1.29, 1.82) is 0 Å². The van der Waals surface area contributed by atoms with Gasteiger partial charge in [-0.1, -0.05) is 16.8 Å². The molecule has 0 saturated heterocycles. The SMILES string of the molecule is COc1ccc(Cl)cc1-c1noc(C(C)n2ncc([N+](=O)[O-])c2C)n1. The van der Waals surface area contributed by atoms with E-state index in [1.807, 2.05) is 0 Å². The fourth-order valence-electron chi connectivity index (χ4n) is 2.46. The van der Waals surface area contributed by atoms with Gasteiger partial charge < -0.3 is 9.26 Å². The molecule has 2 aromatic heterocycles. The Labute approximate surface area is 147 Å². The minimum Gasteiger partial charge on any atom is -0.496 e. The first-order valence-corrected chi connectivity index (χ1v) is 7.66. The molecule has 0 amide bonds. The Morgan fingerprint density at radius 3 is 2.84 bits per heavy atom. The molecule has 0 aliphatic rings. The van der Waals surface area contributed by atoms with Crippen LogP contribution in [0.5, 0.6) is 5.75 Å². The zero-order chi connectivity index (χ0) is 18.1. The Hall–Kier alpha value is -2.94. The van der Waals surface area contributed by atoms with Gasteiger partial charge in [0.1, 0.15) is 23.7 Å². The van der Waals surface area contributed by atoms with E-state index in [1.54, 1.807) is 32.0 Å². The molecule has 3 aromatic rings. The highest BCUT2D eigenvalue weighted by molar-refractivity contribution is 6.30. The van der Waals surface area contributed by atoms with Crippen LogP contribution in [0.25, 0.3) is 11.4 Å². The third-order valence-electron chi connectivity index (χ3n) is 3.78. The van der Waals surface area contributed by atoms with Crippen molar-refractivity contribution in [3.05, 3.63) is 51.1 Å². The predicted molar refractivity (Wildman–Crippen MR) is 88.7 cm³/mol. The number of rotatable bonds is 5. The van der Waals surface area contributed by atoms with Gasteiger partial charge in [-0.25, -0.2) is 0 Å². The molecule has 0 bridgehead atoms. The average Bonchev–Trinajstić information content (AvgIpc) is 3.21. The van der Waals surface area contributed by atoms with Crippen LogP contribution in [0, 0.1) is 17.0 Å².